The summed E-state index contributed by atoms with van der Waals surface area (Å²) in [6, 6.07) is 1.11. The molecule has 0 aromatic carbocycles. The first kappa shape index (κ1) is 10.7. The van der Waals surface area contributed by atoms with Crippen LogP contribution in [0, 0.1) is 10.1 Å². The number of rotatable bonds is 3. The van der Waals surface area contributed by atoms with E-state index in [4.69, 9.17) is 10.9 Å². The number of hydrogen-bond acceptors (Lipinski definition) is 6. The average Bonchev–Trinajstić information content (AvgIpc) is 2.27. The summed E-state index contributed by atoms with van der Waals surface area (Å²) in [6.07, 6.45) is 1.21. The Morgan fingerprint density at radius 1 is 1.80 bits per heavy atom. The molecular weight excluding hydrogens is 204 g/mol. The van der Waals surface area contributed by atoms with Crippen LogP contribution in [0.5, 0.6) is 5.88 Å². The summed E-state index contributed by atoms with van der Waals surface area (Å²) in [7, 11) is 1.26. The monoisotopic (exact) mass is 212 g/mol. The molecule has 0 amide bonds. The normalized spacial score (nSPS) is 11.1. The minimum Gasteiger partial charge on any atom is -0.476 e. The Labute approximate surface area is 84.1 Å². The molecule has 0 fully saturated rings. The quantitative estimate of drug-likeness (QED) is 0.240. The van der Waals surface area contributed by atoms with E-state index in [1.165, 1.54) is 13.3 Å². The third-order valence-corrected chi connectivity index (χ3v) is 1.63. The van der Waals surface area contributed by atoms with E-state index in [2.05, 4.69) is 14.9 Å². The van der Waals surface area contributed by atoms with Gasteiger partial charge < -0.3 is 15.7 Å². The topological polar surface area (TPSA) is 124 Å². The number of pyridine rings is 1. The maximum absolute atomic E-state index is 10.6. The molecule has 0 bridgehead atoms. The third kappa shape index (κ3) is 2.10. The molecule has 0 aliphatic heterocycles. The minimum absolute atomic E-state index is 0.130. The maximum Gasteiger partial charge on any atom is 0.331 e. The lowest BCUT2D eigenvalue weighted by Gasteiger charge is -2.02. The molecule has 1 aromatic heterocycles. The molecule has 1 aromatic rings. The number of hydrogen-bond donors (Lipinski definition) is 2. The fourth-order valence-electron chi connectivity index (χ4n) is 0.926. The Morgan fingerprint density at radius 2 is 2.47 bits per heavy atom. The molecule has 15 heavy (non-hydrogen) atoms. The summed E-state index contributed by atoms with van der Waals surface area (Å²) in [5.41, 5.74) is 5.05. The molecule has 0 unspecified atom stereocenters. The molecule has 0 radical (unpaired) electrons. The third-order valence-electron chi connectivity index (χ3n) is 1.63. The molecule has 0 saturated carbocycles. The van der Waals surface area contributed by atoms with E-state index in [9.17, 15) is 10.1 Å². The lowest BCUT2D eigenvalue weighted by Crippen LogP contribution is -2.14. The van der Waals surface area contributed by atoms with Crippen LogP contribution in [0.2, 0.25) is 0 Å². The van der Waals surface area contributed by atoms with Crippen LogP contribution >= 0.6 is 0 Å². The van der Waals surface area contributed by atoms with Crippen LogP contribution in [0.4, 0.5) is 5.69 Å². The van der Waals surface area contributed by atoms with Crippen LogP contribution in [0.1, 0.15) is 5.56 Å². The number of ether oxygens (including phenoxy) is 1. The van der Waals surface area contributed by atoms with Gasteiger partial charge in [0.05, 0.1) is 12.0 Å². The van der Waals surface area contributed by atoms with E-state index >= 15 is 0 Å². The van der Waals surface area contributed by atoms with E-state index < -0.39 is 4.92 Å². The molecule has 3 N–H and O–H groups in total. The number of amidine groups is 1. The number of aromatic nitrogens is 1. The van der Waals surface area contributed by atoms with Gasteiger partial charge in [0, 0.05) is 17.8 Å². The average molecular weight is 212 g/mol. The molecule has 80 valence electrons. The van der Waals surface area contributed by atoms with Crippen molar-refractivity contribution in [3.05, 3.63) is 27.9 Å². The summed E-state index contributed by atoms with van der Waals surface area (Å²) in [5.74, 6) is -0.386. The van der Waals surface area contributed by atoms with Gasteiger partial charge in [-0.3, -0.25) is 10.1 Å². The van der Waals surface area contributed by atoms with Gasteiger partial charge in [0.15, 0.2) is 5.84 Å². The van der Waals surface area contributed by atoms with E-state index in [0.717, 1.165) is 6.07 Å². The summed E-state index contributed by atoms with van der Waals surface area (Å²) in [6.45, 7) is 0. The second kappa shape index (κ2) is 4.22. The van der Waals surface area contributed by atoms with Crippen LogP contribution in [0.25, 0.3) is 0 Å². The maximum atomic E-state index is 10.6. The summed E-state index contributed by atoms with van der Waals surface area (Å²) < 4.78 is 4.68. The van der Waals surface area contributed by atoms with Gasteiger partial charge in [-0.2, -0.15) is 0 Å². The molecule has 1 heterocycles. The Balaban J connectivity index is 3.28. The first-order valence-electron chi connectivity index (χ1n) is 3.76. The van der Waals surface area contributed by atoms with Gasteiger partial charge in [0.1, 0.15) is 0 Å². The predicted molar refractivity (Wildman–Crippen MR) is 50.0 cm³/mol. The van der Waals surface area contributed by atoms with Crippen molar-refractivity contribution in [2.24, 2.45) is 10.9 Å². The zero-order chi connectivity index (χ0) is 11.4. The fraction of sp³-hybridized carbons (Fsp3) is 0.143. The van der Waals surface area contributed by atoms with E-state index in [1.54, 1.807) is 0 Å². The molecular formula is C7H8N4O4. The molecule has 0 saturated heterocycles. The molecule has 8 heteroatoms. The predicted octanol–water partition coefficient (Wildman–Crippen LogP) is 0.0929. The van der Waals surface area contributed by atoms with Crippen LogP contribution in [-0.4, -0.2) is 28.1 Å². The number of oxime groups is 1. The summed E-state index contributed by atoms with van der Waals surface area (Å²) in [5, 5.41) is 21.7. The van der Waals surface area contributed by atoms with Gasteiger partial charge in [-0.15, -0.1) is 0 Å². The van der Waals surface area contributed by atoms with Crippen molar-refractivity contribution in [2.75, 3.05) is 7.11 Å². The first-order valence-corrected chi connectivity index (χ1v) is 3.76. The Kier molecular flexibility index (Phi) is 3.01. The largest absolute Gasteiger partial charge is 0.476 e. The highest BCUT2D eigenvalue weighted by atomic mass is 16.6. The highest BCUT2D eigenvalue weighted by molar-refractivity contribution is 5.97. The van der Waals surface area contributed by atoms with Crippen molar-refractivity contribution in [3.63, 3.8) is 0 Å². The lowest BCUT2D eigenvalue weighted by molar-refractivity contribution is -0.386. The van der Waals surface area contributed by atoms with E-state index in [1.807, 2.05) is 0 Å². The summed E-state index contributed by atoms with van der Waals surface area (Å²) in [4.78, 5) is 13.6. The Bertz CT molecular complexity index is 417. The number of nitrogens with zero attached hydrogens (tertiary/aromatic N) is 3. The van der Waals surface area contributed by atoms with Gasteiger partial charge in [0.25, 0.3) is 5.88 Å². The molecule has 1 rings (SSSR count). The Hall–Kier alpha value is -2.38. The van der Waals surface area contributed by atoms with Crippen LogP contribution < -0.4 is 10.5 Å². The van der Waals surface area contributed by atoms with Crippen LogP contribution in [0.15, 0.2) is 17.4 Å². The molecule has 0 aliphatic rings. The van der Waals surface area contributed by atoms with Crippen molar-refractivity contribution in [2.45, 2.75) is 0 Å². The van der Waals surface area contributed by atoms with Crippen molar-refractivity contribution >= 4 is 11.5 Å². The fourth-order valence-corrected chi connectivity index (χ4v) is 0.926. The van der Waals surface area contributed by atoms with E-state index in [-0.39, 0.29) is 23.0 Å². The SMILES string of the molecule is COc1ncc(C(N)=NO)cc1[N+](=O)[O-]. The zero-order valence-electron chi connectivity index (χ0n) is 7.75. The van der Waals surface area contributed by atoms with Crippen molar-refractivity contribution in [1.82, 2.24) is 4.98 Å². The molecule has 8 nitrogen and oxygen atoms in total. The highest BCUT2D eigenvalue weighted by Crippen LogP contribution is 2.24. The highest BCUT2D eigenvalue weighted by Gasteiger charge is 2.18. The van der Waals surface area contributed by atoms with Crippen molar-refractivity contribution in [3.8, 4) is 5.88 Å². The van der Waals surface area contributed by atoms with Gasteiger partial charge in [-0.1, -0.05) is 5.16 Å². The number of methoxy groups -OCH3 is 1. The van der Waals surface area contributed by atoms with Crippen molar-refractivity contribution < 1.29 is 14.9 Å². The number of nitro groups is 1. The second-order valence-corrected chi connectivity index (χ2v) is 2.49. The van der Waals surface area contributed by atoms with Gasteiger partial charge >= 0.3 is 5.69 Å². The first-order chi connectivity index (χ1) is 7.10. The van der Waals surface area contributed by atoms with Crippen LogP contribution in [-0.2, 0) is 0 Å². The van der Waals surface area contributed by atoms with E-state index in [0.29, 0.717) is 0 Å². The van der Waals surface area contributed by atoms with Gasteiger partial charge in [-0.25, -0.2) is 4.98 Å². The lowest BCUT2D eigenvalue weighted by atomic mass is 10.2. The number of nitrogens with two attached hydrogens (primary N) is 1. The van der Waals surface area contributed by atoms with Gasteiger partial charge in [0.2, 0.25) is 0 Å². The molecule has 0 spiro atoms. The second-order valence-electron chi connectivity index (χ2n) is 2.49. The van der Waals surface area contributed by atoms with Gasteiger partial charge in [-0.05, 0) is 0 Å². The summed E-state index contributed by atoms with van der Waals surface area (Å²) >= 11 is 0. The standard InChI is InChI=1S/C7H8N4O4/c1-15-7-5(11(13)14)2-4(3-9-7)6(8)10-12/h2-3,12H,1H3,(H2,8,10). The van der Waals surface area contributed by atoms with Crippen LogP contribution in [0.3, 0.4) is 0 Å². The molecule has 0 atom stereocenters. The minimum atomic E-state index is -0.667. The Morgan fingerprint density at radius 3 is 2.93 bits per heavy atom. The zero-order valence-corrected chi connectivity index (χ0v) is 7.75. The smallest absolute Gasteiger partial charge is 0.331 e. The molecule has 0 aliphatic carbocycles. The van der Waals surface area contributed by atoms with Crippen molar-refractivity contribution in [1.29, 1.82) is 0 Å².